The molecule has 1 fully saturated rings. The molecule has 1 aromatic carbocycles. The van der Waals surface area contributed by atoms with Crippen LogP contribution in [0.4, 0.5) is 0 Å². The van der Waals surface area contributed by atoms with E-state index in [-0.39, 0.29) is 12.1 Å². The number of thiocarbonyl (C=S) groups is 1. The number of hydrogen-bond donors (Lipinski definition) is 1. The van der Waals surface area contributed by atoms with Gasteiger partial charge in [-0.15, -0.1) is 0 Å². The van der Waals surface area contributed by atoms with Crippen LogP contribution in [0.5, 0.6) is 0 Å². The van der Waals surface area contributed by atoms with Crippen molar-refractivity contribution in [3.05, 3.63) is 81.9 Å². The van der Waals surface area contributed by atoms with E-state index in [9.17, 15) is 0 Å². The van der Waals surface area contributed by atoms with Crippen LogP contribution in [0.2, 0.25) is 5.02 Å². The fourth-order valence-electron chi connectivity index (χ4n) is 4.50. The molecule has 1 N–H and O–H groups in total. The molecule has 3 aromatic rings. The summed E-state index contributed by atoms with van der Waals surface area (Å²) < 4.78 is 2.29. The Kier molecular flexibility index (Phi) is 5.36. The topological polar surface area (TPSA) is 33.1 Å². The standard InChI is InChI=1S/C23H25ClN4S/c1-5-27-22(21(26-23(27)29)19-11-6-7-12-25-19)20-14(2)15(3)28(16(20)4)18-10-8-9-17(24)13-18/h6-13,21-22H,5H2,1-4H3,(H,26,29)/t21-,22+/m0/s1. The van der Waals surface area contributed by atoms with Gasteiger partial charge in [-0.25, -0.2) is 0 Å². The number of halogens is 1. The van der Waals surface area contributed by atoms with Crippen LogP contribution in [-0.2, 0) is 0 Å². The Hall–Kier alpha value is -2.37. The Bertz CT molecular complexity index is 1060. The minimum absolute atomic E-state index is 0.00987. The van der Waals surface area contributed by atoms with E-state index in [1.165, 1.54) is 22.5 Å². The molecule has 0 saturated carbocycles. The van der Waals surface area contributed by atoms with Crippen molar-refractivity contribution in [1.29, 1.82) is 0 Å². The zero-order chi connectivity index (χ0) is 20.7. The first-order chi connectivity index (χ1) is 13.9. The third-order valence-corrected chi connectivity index (χ3v) is 6.50. The summed E-state index contributed by atoms with van der Waals surface area (Å²) in [6.45, 7) is 9.53. The van der Waals surface area contributed by atoms with Crippen molar-refractivity contribution in [3.8, 4) is 5.69 Å². The van der Waals surface area contributed by atoms with Crippen LogP contribution < -0.4 is 5.32 Å². The lowest BCUT2D eigenvalue weighted by molar-refractivity contribution is 0.328. The zero-order valence-electron chi connectivity index (χ0n) is 17.1. The molecule has 150 valence electrons. The summed E-state index contributed by atoms with van der Waals surface area (Å²) in [7, 11) is 0. The highest BCUT2D eigenvalue weighted by Gasteiger charge is 2.41. The first-order valence-electron chi connectivity index (χ1n) is 9.86. The Labute approximate surface area is 182 Å². The van der Waals surface area contributed by atoms with Crippen LogP contribution >= 0.6 is 23.8 Å². The van der Waals surface area contributed by atoms with Gasteiger partial charge in [0.2, 0.25) is 0 Å². The minimum Gasteiger partial charge on any atom is -0.352 e. The predicted octanol–water partition coefficient (Wildman–Crippen LogP) is 5.44. The third-order valence-electron chi connectivity index (χ3n) is 5.91. The highest BCUT2D eigenvalue weighted by Crippen LogP contribution is 2.43. The normalized spacial score (nSPS) is 18.9. The first kappa shape index (κ1) is 19.9. The van der Waals surface area contributed by atoms with Gasteiger partial charge in [0.15, 0.2) is 5.11 Å². The SMILES string of the molecule is CCN1C(=S)N[C@@H](c2ccccn2)[C@H]1c1c(C)c(C)n(-c2cccc(Cl)c2)c1C. The summed E-state index contributed by atoms with van der Waals surface area (Å²) in [4.78, 5) is 6.89. The van der Waals surface area contributed by atoms with Gasteiger partial charge in [0, 0.05) is 40.4 Å². The van der Waals surface area contributed by atoms with E-state index in [4.69, 9.17) is 23.8 Å². The van der Waals surface area contributed by atoms with Crippen molar-refractivity contribution >= 4 is 28.9 Å². The lowest BCUT2D eigenvalue weighted by Crippen LogP contribution is -2.29. The van der Waals surface area contributed by atoms with E-state index in [2.05, 4.69) is 59.6 Å². The number of hydrogen-bond acceptors (Lipinski definition) is 2. The Morgan fingerprint density at radius 2 is 1.90 bits per heavy atom. The lowest BCUT2D eigenvalue weighted by atomic mass is 9.93. The molecule has 1 aliphatic heterocycles. The molecule has 2 aromatic heterocycles. The van der Waals surface area contributed by atoms with E-state index in [0.29, 0.717) is 0 Å². The van der Waals surface area contributed by atoms with Crippen LogP contribution in [0, 0.1) is 20.8 Å². The molecular formula is C23H25ClN4S. The first-order valence-corrected chi connectivity index (χ1v) is 10.6. The van der Waals surface area contributed by atoms with Crippen LogP contribution in [0.1, 0.15) is 47.2 Å². The number of pyridine rings is 1. The second-order valence-electron chi connectivity index (χ2n) is 7.44. The second kappa shape index (κ2) is 7.81. The van der Waals surface area contributed by atoms with Crippen LogP contribution in [-0.4, -0.2) is 26.1 Å². The Morgan fingerprint density at radius 3 is 2.55 bits per heavy atom. The maximum absolute atomic E-state index is 6.28. The number of benzene rings is 1. The van der Waals surface area contributed by atoms with E-state index < -0.39 is 0 Å². The molecule has 3 heterocycles. The van der Waals surface area contributed by atoms with Gasteiger partial charge >= 0.3 is 0 Å². The van der Waals surface area contributed by atoms with Gasteiger partial charge in [0.05, 0.1) is 17.8 Å². The molecule has 0 amide bonds. The largest absolute Gasteiger partial charge is 0.352 e. The second-order valence-corrected chi connectivity index (χ2v) is 8.26. The molecule has 29 heavy (non-hydrogen) atoms. The number of likely N-dealkylation sites (N-methyl/N-ethyl adjacent to an activating group) is 1. The molecule has 1 aliphatic rings. The quantitative estimate of drug-likeness (QED) is 0.565. The van der Waals surface area contributed by atoms with Gasteiger partial charge in [-0.05, 0) is 75.8 Å². The van der Waals surface area contributed by atoms with Gasteiger partial charge in [-0.1, -0.05) is 23.7 Å². The molecule has 0 radical (unpaired) electrons. The van der Waals surface area contributed by atoms with Crippen molar-refractivity contribution in [2.75, 3.05) is 6.54 Å². The molecule has 6 heteroatoms. The molecule has 0 unspecified atom stereocenters. The maximum Gasteiger partial charge on any atom is 0.170 e. The highest BCUT2D eigenvalue weighted by atomic mass is 35.5. The highest BCUT2D eigenvalue weighted by molar-refractivity contribution is 7.80. The average Bonchev–Trinajstić information content (AvgIpc) is 3.15. The van der Waals surface area contributed by atoms with Crippen molar-refractivity contribution in [1.82, 2.24) is 19.8 Å². The molecule has 4 rings (SSSR count). The summed E-state index contributed by atoms with van der Waals surface area (Å²) in [5, 5.41) is 5.03. The van der Waals surface area contributed by atoms with E-state index in [0.717, 1.165) is 28.1 Å². The molecule has 0 aliphatic carbocycles. The molecule has 0 bridgehead atoms. The average molecular weight is 425 g/mol. The number of rotatable bonds is 4. The minimum atomic E-state index is 0.00987. The lowest BCUT2D eigenvalue weighted by Gasteiger charge is -2.27. The fourth-order valence-corrected chi connectivity index (χ4v) is 5.06. The summed E-state index contributed by atoms with van der Waals surface area (Å²) in [5.74, 6) is 0. The van der Waals surface area contributed by atoms with Gasteiger partial charge in [0.25, 0.3) is 0 Å². The summed E-state index contributed by atoms with van der Waals surface area (Å²) in [6, 6.07) is 14.1. The van der Waals surface area contributed by atoms with E-state index >= 15 is 0 Å². The maximum atomic E-state index is 6.28. The van der Waals surface area contributed by atoms with E-state index in [1.54, 1.807) is 0 Å². The summed E-state index contributed by atoms with van der Waals surface area (Å²) >= 11 is 12.0. The molecule has 1 saturated heterocycles. The van der Waals surface area contributed by atoms with Gasteiger partial charge < -0.3 is 14.8 Å². The van der Waals surface area contributed by atoms with Crippen molar-refractivity contribution < 1.29 is 0 Å². The summed E-state index contributed by atoms with van der Waals surface area (Å²) in [6.07, 6.45) is 1.84. The number of nitrogens with one attached hydrogen (secondary N) is 1. The monoisotopic (exact) mass is 424 g/mol. The molecule has 2 atom stereocenters. The Balaban J connectivity index is 1.90. The van der Waals surface area contributed by atoms with Crippen molar-refractivity contribution in [2.45, 2.75) is 39.8 Å². The van der Waals surface area contributed by atoms with Gasteiger partial charge in [0.1, 0.15) is 0 Å². The van der Waals surface area contributed by atoms with Crippen molar-refractivity contribution in [2.24, 2.45) is 0 Å². The third kappa shape index (κ3) is 3.32. The van der Waals surface area contributed by atoms with Crippen LogP contribution in [0.15, 0.2) is 48.7 Å². The number of nitrogens with zero attached hydrogens (tertiary/aromatic N) is 3. The van der Waals surface area contributed by atoms with Gasteiger partial charge in [-0.2, -0.15) is 0 Å². The smallest absolute Gasteiger partial charge is 0.170 e. The van der Waals surface area contributed by atoms with Crippen molar-refractivity contribution in [3.63, 3.8) is 0 Å². The van der Waals surface area contributed by atoms with Crippen LogP contribution in [0.3, 0.4) is 0 Å². The molecular weight excluding hydrogens is 400 g/mol. The molecule has 0 spiro atoms. The summed E-state index contributed by atoms with van der Waals surface area (Å²) in [5.41, 5.74) is 7.08. The fraction of sp³-hybridized carbons (Fsp3) is 0.304. The predicted molar refractivity (Wildman–Crippen MR) is 123 cm³/mol. The Morgan fingerprint density at radius 1 is 1.10 bits per heavy atom. The van der Waals surface area contributed by atoms with E-state index in [1.807, 2.05) is 36.5 Å². The van der Waals surface area contributed by atoms with Gasteiger partial charge in [-0.3, -0.25) is 4.98 Å². The van der Waals surface area contributed by atoms with Crippen LogP contribution in [0.25, 0.3) is 5.69 Å². The number of aromatic nitrogens is 2. The zero-order valence-corrected chi connectivity index (χ0v) is 18.7. The molecule has 4 nitrogen and oxygen atoms in total.